The van der Waals surface area contributed by atoms with E-state index < -0.39 is 15.8 Å². The van der Waals surface area contributed by atoms with Gasteiger partial charge in [0, 0.05) is 5.40 Å². The van der Waals surface area contributed by atoms with Crippen molar-refractivity contribution in [1.82, 2.24) is 0 Å². The van der Waals surface area contributed by atoms with Crippen molar-refractivity contribution in [3.05, 3.63) is 121 Å². The number of unbranched alkanes of at least 4 members (excludes halogenated alkanes) is 1. The number of benzene rings is 4. The summed E-state index contributed by atoms with van der Waals surface area (Å²) in [5.41, 5.74) is 0.236. The highest BCUT2D eigenvalue weighted by Crippen LogP contribution is 2.65. The van der Waals surface area contributed by atoms with Crippen LogP contribution in [0.15, 0.2) is 121 Å². The summed E-state index contributed by atoms with van der Waals surface area (Å²) >= 11 is 0. The Morgan fingerprint density at radius 1 is 0.500 bits per heavy atom. The summed E-state index contributed by atoms with van der Waals surface area (Å²) in [5.74, 6) is 0. The summed E-state index contributed by atoms with van der Waals surface area (Å²) in [6, 6.07) is 45.7. The molecule has 0 bridgehead atoms. The molecule has 0 spiro atoms. The first kappa shape index (κ1) is 26.8. The van der Waals surface area contributed by atoms with Crippen molar-refractivity contribution in [3.8, 4) is 0 Å². The third-order valence-corrected chi connectivity index (χ3v) is 14.2. The quantitative estimate of drug-likeness (QED) is 0.167. The minimum atomic E-state index is -0.588. The number of hydrogen-bond acceptors (Lipinski definition) is 0. The second-order valence-corrected chi connectivity index (χ2v) is 14.9. The molecule has 2 heteroatoms. The van der Waals surface area contributed by atoms with E-state index >= 15 is 0 Å². The fourth-order valence-corrected chi connectivity index (χ4v) is 13.5. The average molecular weight is 511 g/mol. The molecule has 0 amide bonds. The molecule has 4 aromatic rings. The van der Waals surface area contributed by atoms with Crippen molar-refractivity contribution >= 4 is 37.1 Å². The summed E-state index contributed by atoms with van der Waals surface area (Å²) in [4.78, 5) is 0. The molecule has 0 aliphatic heterocycles. The van der Waals surface area contributed by atoms with Crippen molar-refractivity contribution < 1.29 is 0 Å². The molecule has 186 valence electrons. The number of rotatable bonds is 12. The molecule has 0 heterocycles. The Labute approximate surface area is 221 Å². The van der Waals surface area contributed by atoms with E-state index in [4.69, 9.17) is 0 Å². The van der Waals surface area contributed by atoms with Gasteiger partial charge in [-0.15, -0.1) is 0 Å². The number of hydrogen-bond donors (Lipinski definition) is 0. The van der Waals surface area contributed by atoms with Gasteiger partial charge in [-0.3, -0.25) is 0 Å². The Morgan fingerprint density at radius 2 is 0.833 bits per heavy atom. The minimum Gasteiger partial charge on any atom is -0.0654 e. The summed E-state index contributed by atoms with van der Waals surface area (Å²) in [6.07, 6.45) is 6.28. The first-order valence-corrected chi connectivity index (χ1v) is 16.3. The first-order valence-electron chi connectivity index (χ1n) is 13.5. The molecule has 4 aromatic carbocycles. The molecule has 0 aliphatic carbocycles. The lowest BCUT2D eigenvalue weighted by atomic mass is 9.82. The lowest BCUT2D eigenvalue weighted by Gasteiger charge is -2.47. The molecule has 0 aliphatic rings. The molecular weight excluding hydrogens is 470 g/mol. The van der Waals surface area contributed by atoms with Gasteiger partial charge in [0.15, 0.2) is 0 Å². The third kappa shape index (κ3) is 6.35. The van der Waals surface area contributed by atoms with Gasteiger partial charge in [0.1, 0.15) is 0 Å². The van der Waals surface area contributed by atoms with Gasteiger partial charge in [-0.2, -0.15) is 0 Å². The van der Waals surface area contributed by atoms with E-state index in [1.54, 1.807) is 0 Å². The van der Waals surface area contributed by atoms with E-state index in [2.05, 4.69) is 142 Å². The highest BCUT2D eigenvalue weighted by Gasteiger charge is 2.45. The Kier molecular flexibility index (Phi) is 9.92. The van der Waals surface area contributed by atoms with Gasteiger partial charge < -0.3 is 0 Å². The molecule has 1 atom stereocenters. The molecule has 0 saturated heterocycles. The fourth-order valence-electron chi connectivity index (χ4n) is 5.49. The van der Waals surface area contributed by atoms with Crippen LogP contribution in [0, 0.1) is 5.41 Å². The largest absolute Gasteiger partial charge is 0.0654 e. The average Bonchev–Trinajstić information content (AvgIpc) is 2.94. The van der Waals surface area contributed by atoms with Crippen LogP contribution < -0.4 is 21.2 Å². The summed E-state index contributed by atoms with van der Waals surface area (Å²) in [6.45, 7) is 7.34. The van der Waals surface area contributed by atoms with Crippen LogP contribution in [0.4, 0.5) is 0 Å². The lowest BCUT2D eigenvalue weighted by Crippen LogP contribution is -2.39. The van der Waals surface area contributed by atoms with Gasteiger partial charge in [0.05, 0.1) is 0 Å². The van der Waals surface area contributed by atoms with Crippen LogP contribution in [0.3, 0.4) is 0 Å². The standard InChI is InChI=1S/C34H40P2/c1-4-6-28-34(3,27-5-2)33(35(29-19-11-7-12-20-29)30-21-13-8-14-22-30)36(31-23-15-9-16-24-31)32-25-17-10-18-26-32/h7-26,33H,4-6,27-28H2,1-3H3. The minimum absolute atomic E-state index is 0.236. The van der Waals surface area contributed by atoms with Gasteiger partial charge in [0.2, 0.25) is 0 Å². The van der Waals surface area contributed by atoms with Crippen LogP contribution in [-0.4, -0.2) is 5.40 Å². The molecule has 4 rings (SSSR count). The van der Waals surface area contributed by atoms with E-state index in [0.29, 0.717) is 5.40 Å². The maximum atomic E-state index is 2.62. The van der Waals surface area contributed by atoms with Crippen LogP contribution in [0.2, 0.25) is 0 Å². The predicted molar refractivity (Wildman–Crippen MR) is 164 cm³/mol. The molecule has 0 radical (unpaired) electrons. The normalized spacial score (nSPS) is 13.3. The van der Waals surface area contributed by atoms with Crippen LogP contribution in [0.1, 0.15) is 52.9 Å². The first-order chi connectivity index (χ1) is 17.7. The Bertz CT molecular complexity index is 983. The highest BCUT2D eigenvalue weighted by atomic mass is 31.2. The topological polar surface area (TPSA) is 0 Å². The van der Waals surface area contributed by atoms with E-state index in [-0.39, 0.29) is 5.41 Å². The molecule has 36 heavy (non-hydrogen) atoms. The third-order valence-electron chi connectivity index (χ3n) is 7.17. The molecule has 0 nitrogen and oxygen atoms in total. The SMILES string of the molecule is CCCCC(C)(CCC)C(P(c1ccccc1)c1ccccc1)P(c1ccccc1)c1ccccc1. The van der Waals surface area contributed by atoms with E-state index in [1.807, 2.05) is 0 Å². The Hall–Kier alpha value is -2.26. The molecule has 0 fully saturated rings. The monoisotopic (exact) mass is 510 g/mol. The Morgan fingerprint density at radius 3 is 1.11 bits per heavy atom. The van der Waals surface area contributed by atoms with Crippen LogP contribution in [0.25, 0.3) is 0 Å². The molecule has 0 aromatic heterocycles. The van der Waals surface area contributed by atoms with Crippen LogP contribution in [0.5, 0.6) is 0 Å². The van der Waals surface area contributed by atoms with Crippen molar-refractivity contribution in [2.24, 2.45) is 5.41 Å². The molecule has 1 unspecified atom stereocenters. The zero-order valence-corrected chi connectivity index (χ0v) is 23.8. The van der Waals surface area contributed by atoms with E-state index in [0.717, 1.165) is 0 Å². The maximum Gasteiger partial charge on any atom is 0.0208 e. The van der Waals surface area contributed by atoms with Gasteiger partial charge in [-0.05, 0) is 55.3 Å². The van der Waals surface area contributed by atoms with Crippen molar-refractivity contribution in [2.75, 3.05) is 0 Å². The smallest absolute Gasteiger partial charge is 0.0208 e. The summed E-state index contributed by atoms with van der Waals surface area (Å²) < 4.78 is 0. The van der Waals surface area contributed by atoms with Gasteiger partial charge in [-0.25, -0.2) is 0 Å². The van der Waals surface area contributed by atoms with Crippen molar-refractivity contribution in [1.29, 1.82) is 0 Å². The summed E-state index contributed by atoms with van der Waals surface area (Å²) in [5, 5.41) is 6.54. The molecule has 0 N–H and O–H groups in total. The predicted octanol–water partition coefficient (Wildman–Crippen LogP) is 8.57. The van der Waals surface area contributed by atoms with Crippen LogP contribution >= 0.6 is 15.8 Å². The van der Waals surface area contributed by atoms with Crippen molar-refractivity contribution in [2.45, 2.75) is 58.3 Å². The molecular formula is C34H40P2. The highest BCUT2D eigenvalue weighted by molar-refractivity contribution is 7.89. The van der Waals surface area contributed by atoms with Gasteiger partial charge in [0.25, 0.3) is 0 Å². The second-order valence-electron chi connectivity index (χ2n) is 9.96. The Balaban J connectivity index is 2.02. The molecule has 0 saturated carbocycles. The van der Waals surface area contributed by atoms with Crippen LogP contribution in [-0.2, 0) is 0 Å². The van der Waals surface area contributed by atoms with Crippen molar-refractivity contribution in [3.63, 3.8) is 0 Å². The van der Waals surface area contributed by atoms with E-state index in [9.17, 15) is 0 Å². The maximum absolute atomic E-state index is 2.62. The van der Waals surface area contributed by atoms with Gasteiger partial charge in [-0.1, -0.05) is 161 Å². The lowest BCUT2D eigenvalue weighted by molar-refractivity contribution is 0.286. The fraction of sp³-hybridized carbons (Fsp3) is 0.294. The second kappa shape index (κ2) is 13.3. The van der Waals surface area contributed by atoms with Gasteiger partial charge >= 0.3 is 0 Å². The zero-order valence-electron chi connectivity index (χ0n) is 22.1. The summed E-state index contributed by atoms with van der Waals surface area (Å²) in [7, 11) is -1.18. The zero-order chi connectivity index (χ0) is 25.2. The van der Waals surface area contributed by atoms with E-state index in [1.165, 1.54) is 53.3 Å².